The van der Waals surface area contributed by atoms with Gasteiger partial charge in [-0.15, -0.1) is 0 Å². The molecule has 1 aromatic carbocycles. The Kier molecular flexibility index (Phi) is 7.33. The van der Waals surface area contributed by atoms with Gasteiger partial charge in [0, 0.05) is 31.9 Å². The molecule has 0 bridgehead atoms. The quantitative estimate of drug-likeness (QED) is 0.728. The lowest BCUT2D eigenvalue weighted by molar-refractivity contribution is -0.140. The summed E-state index contributed by atoms with van der Waals surface area (Å²) in [6, 6.07) is 4.66. The summed E-state index contributed by atoms with van der Waals surface area (Å²) in [6.45, 7) is 3.15. The lowest BCUT2D eigenvalue weighted by atomic mass is 10.0. The molecule has 10 heteroatoms. The van der Waals surface area contributed by atoms with Crippen LogP contribution in [0, 0.1) is 0 Å². The van der Waals surface area contributed by atoms with Crippen LogP contribution in [0.5, 0.6) is 5.75 Å². The molecule has 0 spiro atoms. The van der Waals surface area contributed by atoms with Crippen LogP contribution in [-0.2, 0) is 20.8 Å². The second kappa shape index (κ2) is 9.13. The number of piperidine rings is 1. The zero-order valence-corrected chi connectivity index (χ0v) is 16.6. The summed E-state index contributed by atoms with van der Waals surface area (Å²) in [4.78, 5) is 14.3. The van der Waals surface area contributed by atoms with Gasteiger partial charge in [-0.1, -0.05) is 12.1 Å². The summed E-state index contributed by atoms with van der Waals surface area (Å²) in [5.41, 5.74) is -0.922. The average molecular weight is 422 g/mol. The second-order valence-electron chi connectivity index (χ2n) is 7.01. The molecule has 28 heavy (non-hydrogen) atoms. The molecule has 1 amide bonds. The molecule has 1 unspecified atom stereocenters. The number of likely N-dealkylation sites (tertiary alicyclic amines) is 1. The smallest absolute Gasteiger partial charge is 0.419 e. The molecule has 0 aromatic heterocycles. The third-order valence-corrected chi connectivity index (χ3v) is 5.50. The van der Waals surface area contributed by atoms with Crippen molar-refractivity contribution in [3.63, 3.8) is 0 Å². The van der Waals surface area contributed by atoms with E-state index in [1.807, 2.05) is 4.90 Å². The highest BCUT2D eigenvalue weighted by atomic mass is 32.2. The maximum atomic E-state index is 13.0. The van der Waals surface area contributed by atoms with Crippen molar-refractivity contribution in [2.75, 3.05) is 31.6 Å². The van der Waals surface area contributed by atoms with Gasteiger partial charge in [-0.05, 0) is 31.9 Å². The highest BCUT2D eigenvalue weighted by Gasteiger charge is 2.35. The van der Waals surface area contributed by atoms with Gasteiger partial charge < -0.3 is 15.0 Å². The first kappa shape index (κ1) is 22.5. The highest BCUT2D eigenvalue weighted by Crippen LogP contribution is 2.36. The van der Waals surface area contributed by atoms with Crippen LogP contribution in [0.4, 0.5) is 13.2 Å². The number of nitrogens with one attached hydrogen (secondary N) is 1. The van der Waals surface area contributed by atoms with E-state index in [9.17, 15) is 26.4 Å². The Morgan fingerprint density at radius 3 is 2.46 bits per heavy atom. The zero-order chi connectivity index (χ0) is 20.9. The monoisotopic (exact) mass is 422 g/mol. The molecule has 0 aliphatic carbocycles. The number of hydrogen-bond acceptors (Lipinski definition) is 5. The fourth-order valence-electron chi connectivity index (χ4n) is 2.96. The second-order valence-corrected chi connectivity index (χ2v) is 9.27. The minimum Gasteiger partial charge on any atom is -0.480 e. The minimum atomic E-state index is -4.56. The summed E-state index contributed by atoms with van der Waals surface area (Å²) in [5.74, 6) is -0.771. The summed E-state index contributed by atoms with van der Waals surface area (Å²) in [7, 11) is -3.02. The van der Waals surface area contributed by atoms with Gasteiger partial charge in [0.05, 0.1) is 11.3 Å². The minimum absolute atomic E-state index is 0.0908. The van der Waals surface area contributed by atoms with E-state index in [2.05, 4.69) is 5.32 Å². The number of nitrogens with zero attached hydrogens (tertiary/aromatic N) is 1. The van der Waals surface area contributed by atoms with E-state index in [4.69, 9.17) is 4.74 Å². The first-order chi connectivity index (χ1) is 13.0. The summed E-state index contributed by atoms with van der Waals surface area (Å²) in [5, 5.41) is 2.80. The van der Waals surface area contributed by atoms with Crippen LogP contribution in [-0.4, -0.2) is 63.0 Å². The molecule has 1 aliphatic rings. The van der Waals surface area contributed by atoms with Crippen molar-refractivity contribution in [1.82, 2.24) is 10.2 Å². The lowest BCUT2D eigenvalue weighted by Gasteiger charge is -2.32. The fraction of sp³-hybridized carbons (Fsp3) is 0.611. The van der Waals surface area contributed by atoms with Crippen molar-refractivity contribution in [3.05, 3.63) is 29.8 Å². The number of amides is 1. The highest BCUT2D eigenvalue weighted by molar-refractivity contribution is 7.90. The predicted molar refractivity (Wildman–Crippen MR) is 98.8 cm³/mol. The number of carbonyl (C=O) groups excluding carboxylic acids is 1. The van der Waals surface area contributed by atoms with E-state index >= 15 is 0 Å². The Hall–Kier alpha value is -1.81. The summed E-state index contributed by atoms with van der Waals surface area (Å²) in [6.07, 6.45) is -3.17. The third kappa shape index (κ3) is 6.97. The maximum absolute atomic E-state index is 13.0. The van der Waals surface area contributed by atoms with E-state index in [1.54, 1.807) is 0 Å². The van der Waals surface area contributed by atoms with Gasteiger partial charge in [-0.2, -0.15) is 13.2 Å². The van der Waals surface area contributed by atoms with Gasteiger partial charge in [-0.25, -0.2) is 8.42 Å². The summed E-state index contributed by atoms with van der Waals surface area (Å²) < 4.78 is 66.8. The fourth-order valence-corrected chi connectivity index (χ4v) is 3.55. The topological polar surface area (TPSA) is 75.7 Å². The Labute approximate surface area is 163 Å². The number of carbonyl (C=O) groups is 1. The molecular weight excluding hydrogens is 397 g/mol. The maximum Gasteiger partial charge on any atom is 0.419 e. The van der Waals surface area contributed by atoms with E-state index in [0.29, 0.717) is 32.5 Å². The number of benzene rings is 1. The molecule has 6 nitrogen and oxygen atoms in total. The van der Waals surface area contributed by atoms with E-state index in [-0.39, 0.29) is 17.5 Å². The molecular formula is C18H25F3N2O4S. The zero-order valence-electron chi connectivity index (χ0n) is 15.8. The van der Waals surface area contributed by atoms with Crippen LogP contribution in [0.2, 0.25) is 0 Å². The van der Waals surface area contributed by atoms with Crippen LogP contribution in [0.3, 0.4) is 0 Å². The first-order valence-corrected chi connectivity index (χ1v) is 11.0. The van der Waals surface area contributed by atoms with Gasteiger partial charge in [0.2, 0.25) is 0 Å². The normalized spacial score (nSPS) is 17.9. The Morgan fingerprint density at radius 2 is 1.89 bits per heavy atom. The van der Waals surface area contributed by atoms with Gasteiger partial charge in [0.1, 0.15) is 15.6 Å². The van der Waals surface area contributed by atoms with Gasteiger partial charge in [0.25, 0.3) is 5.91 Å². The number of alkyl halides is 3. The molecule has 2 rings (SSSR count). The van der Waals surface area contributed by atoms with Crippen molar-refractivity contribution in [3.8, 4) is 5.75 Å². The van der Waals surface area contributed by atoms with Crippen LogP contribution in [0.15, 0.2) is 24.3 Å². The molecule has 0 saturated carbocycles. The van der Waals surface area contributed by atoms with Gasteiger partial charge in [-0.3, -0.25) is 4.79 Å². The molecule has 1 atom stereocenters. The van der Waals surface area contributed by atoms with Crippen LogP contribution in [0.25, 0.3) is 0 Å². The Morgan fingerprint density at radius 1 is 1.29 bits per heavy atom. The number of para-hydroxylation sites is 1. The number of halogens is 3. The van der Waals surface area contributed by atoms with E-state index < -0.39 is 33.6 Å². The van der Waals surface area contributed by atoms with Gasteiger partial charge >= 0.3 is 6.18 Å². The van der Waals surface area contributed by atoms with E-state index in [1.165, 1.54) is 31.4 Å². The van der Waals surface area contributed by atoms with Crippen molar-refractivity contribution in [1.29, 1.82) is 0 Å². The molecule has 1 saturated heterocycles. The Bertz CT molecular complexity index is 775. The van der Waals surface area contributed by atoms with Crippen molar-refractivity contribution in [2.45, 2.75) is 38.1 Å². The largest absolute Gasteiger partial charge is 0.480 e. The number of hydrogen-bond donors (Lipinski definition) is 1. The van der Waals surface area contributed by atoms with Crippen molar-refractivity contribution in [2.24, 2.45) is 0 Å². The number of sulfone groups is 1. The van der Waals surface area contributed by atoms with E-state index in [0.717, 1.165) is 6.07 Å². The molecule has 1 aromatic rings. The average Bonchev–Trinajstić information content (AvgIpc) is 2.60. The molecule has 1 N–H and O–H groups in total. The number of rotatable bonds is 7. The SMILES string of the molecule is CC(Oc1ccccc1C(F)(F)F)C(=O)NC1CCN(CCS(C)(=O)=O)CC1. The van der Waals surface area contributed by atoms with Crippen LogP contribution < -0.4 is 10.1 Å². The third-order valence-electron chi connectivity index (χ3n) is 4.58. The molecule has 158 valence electrons. The standard InChI is InChI=1S/C18H25F3N2O4S/c1-13(27-16-6-4-3-5-15(16)18(19,20)21)17(24)22-14-7-9-23(10-8-14)11-12-28(2,25)26/h3-6,13-14H,7-12H2,1-2H3,(H,22,24). The Balaban J connectivity index is 1.84. The molecule has 1 fully saturated rings. The van der Waals surface area contributed by atoms with Crippen molar-refractivity contribution < 1.29 is 31.1 Å². The molecule has 1 heterocycles. The summed E-state index contributed by atoms with van der Waals surface area (Å²) >= 11 is 0. The first-order valence-electron chi connectivity index (χ1n) is 8.99. The van der Waals surface area contributed by atoms with Crippen molar-refractivity contribution >= 4 is 15.7 Å². The number of ether oxygens (including phenoxy) is 1. The van der Waals surface area contributed by atoms with Gasteiger partial charge in [0.15, 0.2) is 6.10 Å². The van der Waals surface area contributed by atoms with Crippen LogP contribution >= 0.6 is 0 Å². The molecule has 1 aliphatic heterocycles. The predicted octanol–water partition coefficient (Wildman–Crippen LogP) is 2.10. The van der Waals surface area contributed by atoms with Crippen LogP contribution in [0.1, 0.15) is 25.3 Å². The lowest BCUT2D eigenvalue weighted by Crippen LogP contribution is -2.48. The molecule has 0 radical (unpaired) electrons.